The SMILES string of the molecule is O=CC1C(c2ccccc2)=C(c2ccc(CS(=O)[O-])cc2)Oc2ccccc21. The normalized spacial score (nSPS) is 16.8. The highest BCUT2D eigenvalue weighted by molar-refractivity contribution is 7.78. The molecule has 0 aromatic heterocycles. The zero-order chi connectivity index (χ0) is 19.5. The van der Waals surface area contributed by atoms with Crippen molar-refractivity contribution < 1.29 is 18.3 Å². The van der Waals surface area contributed by atoms with Crippen LogP contribution in [0.1, 0.15) is 28.2 Å². The molecule has 28 heavy (non-hydrogen) atoms. The first-order valence-electron chi connectivity index (χ1n) is 8.84. The molecule has 1 aliphatic rings. The van der Waals surface area contributed by atoms with E-state index in [-0.39, 0.29) is 5.75 Å². The summed E-state index contributed by atoms with van der Waals surface area (Å²) < 4.78 is 28.1. The van der Waals surface area contributed by atoms with Crippen LogP contribution in [-0.2, 0) is 21.6 Å². The maximum absolute atomic E-state index is 12.1. The highest BCUT2D eigenvalue weighted by atomic mass is 32.2. The summed E-state index contributed by atoms with van der Waals surface area (Å²) in [5, 5.41) is 0. The minimum Gasteiger partial charge on any atom is -0.772 e. The monoisotopic (exact) mass is 389 g/mol. The molecule has 0 N–H and O–H groups in total. The molecule has 5 heteroatoms. The van der Waals surface area contributed by atoms with Crippen molar-refractivity contribution in [3.8, 4) is 5.75 Å². The molecule has 0 amide bonds. The van der Waals surface area contributed by atoms with E-state index in [0.29, 0.717) is 17.1 Å². The summed E-state index contributed by atoms with van der Waals surface area (Å²) in [5.74, 6) is 0.776. The van der Waals surface area contributed by atoms with Gasteiger partial charge in [0.1, 0.15) is 17.8 Å². The van der Waals surface area contributed by atoms with E-state index in [1.165, 1.54) is 0 Å². The molecule has 0 fully saturated rings. The molecule has 140 valence electrons. The molecular formula is C23H17O4S-. The van der Waals surface area contributed by atoms with Crippen LogP contribution in [0.25, 0.3) is 11.3 Å². The first-order valence-corrected chi connectivity index (χ1v) is 10.1. The standard InChI is InChI=1S/C23H18O4S/c24-14-20-19-8-4-5-9-21(19)27-23(22(20)17-6-2-1-3-7-17)18-12-10-16(11-13-18)15-28(25)26/h1-14,20H,15H2,(H,25,26)/p-1. The van der Waals surface area contributed by atoms with E-state index in [0.717, 1.165) is 28.5 Å². The Morgan fingerprint density at radius 2 is 1.57 bits per heavy atom. The highest BCUT2D eigenvalue weighted by Crippen LogP contribution is 2.45. The third-order valence-corrected chi connectivity index (χ3v) is 5.31. The zero-order valence-corrected chi connectivity index (χ0v) is 15.7. The molecule has 3 aromatic rings. The Bertz CT molecular complexity index is 1060. The molecule has 4 rings (SSSR count). The molecule has 3 aromatic carbocycles. The van der Waals surface area contributed by atoms with Crippen LogP contribution in [-0.4, -0.2) is 15.0 Å². The Kier molecular flexibility index (Phi) is 5.19. The van der Waals surface area contributed by atoms with Crippen LogP contribution >= 0.6 is 0 Å². The summed E-state index contributed by atoms with van der Waals surface area (Å²) in [7, 11) is 0. The van der Waals surface area contributed by atoms with Crippen molar-refractivity contribution in [2.75, 3.05) is 0 Å². The number of carbonyl (C=O) groups excluding carboxylic acids is 1. The highest BCUT2D eigenvalue weighted by Gasteiger charge is 2.31. The summed E-state index contributed by atoms with van der Waals surface area (Å²) in [4.78, 5) is 12.1. The Morgan fingerprint density at radius 1 is 0.893 bits per heavy atom. The van der Waals surface area contributed by atoms with Crippen LogP contribution in [0, 0.1) is 0 Å². The van der Waals surface area contributed by atoms with Gasteiger partial charge in [0, 0.05) is 22.5 Å². The summed E-state index contributed by atoms with van der Waals surface area (Å²) in [6, 6.07) is 24.4. The molecule has 1 aliphatic heterocycles. The largest absolute Gasteiger partial charge is 0.772 e. The van der Waals surface area contributed by atoms with E-state index < -0.39 is 17.0 Å². The lowest BCUT2D eigenvalue weighted by Gasteiger charge is -2.28. The van der Waals surface area contributed by atoms with Crippen molar-refractivity contribution in [1.29, 1.82) is 0 Å². The first-order chi connectivity index (χ1) is 13.7. The lowest BCUT2D eigenvalue weighted by Crippen LogP contribution is -2.15. The van der Waals surface area contributed by atoms with Gasteiger partial charge >= 0.3 is 0 Å². The number of aldehydes is 1. The number of fused-ring (bicyclic) bond motifs is 1. The molecule has 2 unspecified atom stereocenters. The number of rotatable bonds is 5. The smallest absolute Gasteiger partial charge is 0.139 e. The second kappa shape index (κ2) is 7.92. The Labute approximate surface area is 165 Å². The predicted molar refractivity (Wildman–Crippen MR) is 108 cm³/mol. The van der Waals surface area contributed by atoms with Crippen LogP contribution in [0.5, 0.6) is 5.75 Å². The van der Waals surface area contributed by atoms with Gasteiger partial charge in [-0.2, -0.15) is 0 Å². The number of ether oxygens (including phenoxy) is 1. The van der Waals surface area contributed by atoms with Gasteiger partial charge in [-0.05, 0) is 17.2 Å². The van der Waals surface area contributed by atoms with Crippen molar-refractivity contribution in [3.05, 3.63) is 101 Å². The molecule has 1 heterocycles. The molecule has 0 aliphatic carbocycles. The van der Waals surface area contributed by atoms with Crippen LogP contribution in [0.2, 0.25) is 0 Å². The fraction of sp³-hybridized carbons (Fsp3) is 0.0870. The third-order valence-electron chi connectivity index (χ3n) is 4.74. The average molecular weight is 389 g/mol. The van der Waals surface area contributed by atoms with Gasteiger partial charge in [-0.3, -0.25) is 4.21 Å². The number of benzene rings is 3. The quantitative estimate of drug-likeness (QED) is 0.482. The van der Waals surface area contributed by atoms with Gasteiger partial charge in [-0.15, -0.1) is 0 Å². The second-order valence-corrected chi connectivity index (χ2v) is 7.40. The fourth-order valence-corrected chi connectivity index (χ4v) is 3.93. The van der Waals surface area contributed by atoms with E-state index >= 15 is 0 Å². The second-order valence-electron chi connectivity index (χ2n) is 6.51. The summed E-state index contributed by atoms with van der Waals surface area (Å²) in [5.41, 5.74) is 4.03. The summed E-state index contributed by atoms with van der Waals surface area (Å²) >= 11 is -2.14. The van der Waals surface area contributed by atoms with Gasteiger partial charge in [0.05, 0.1) is 5.92 Å². The van der Waals surface area contributed by atoms with Gasteiger partial charge < -0.3 is 14.1 Å². The van der Waals surface area contributed by atoms with E-state index in [2.05, 4.69) is 0 Å². The number of carbonyl (C=O) groups is 1. The molecule has 0 saturated carbocycles. The summed E-state index contributed by atoms with van der Waals surface area (Å²) in [6.45, 7) is 0. The number of hydrogen-bond donors (Lipinski definition) is 0. The van der Waals surface area contributed by atoms with Gasteiger partial charge in [-0.25, -0.2) is 0 Å². The Hall–Kier alpha value is -3.02. The van der Waals surface area contributed by atoms with Crippen molar-refractivity contribution in [2.45, 2.75) is 11.7 Å². The molecule has 2 atom stereocenters. The van der Waals surface area contributed by atoms with E-state index in [4.69, 9.17) is 4.74 Å². The Morgan fingerprint density at radius 3 is 2.25 bits per heavy atom. The van der Waals surface area contributed by atoms with Crippen LogP contribution in [0.3, 0.4) is 0 Å². The van der Waals surface area contributed by atoms with Crippen molar-refractivity contribution >= 4 is 28.7 Å². The maximum Gasteiger partial charge on any atom is 0.139 e. The van der Waals surface area contributed by atoms with Crippen molar-refractivity contribution in [1.82, 2.24) is 0 Å². The first kappa shape index (κ1) is 18.3. The number of allylic oxidation sites excluding steroid dienone is 1. The van der Waals surface area contributed by atoms with E-state index in [1.807, 2.05) is 66.7 Å². The summed E-state index contributed by atoms with van der Waals surface area (Å²) in [6.07, 6.45) is 0.943. The van der Waals surface area contributed by atoms with E-state index in [1.54, 1.807) is 12.1 Å². The molecule has 0 radical (unpaired) electrons. The van der Waals surface area contributed by atoms with Gasteiger partial charge in [0.25, 0.3) is 0 Å². The number of para-hydroxylation sites is 1. The Balaban J connectivity index is 1.88. The fourth-order valence-electron chi connectivity index (χ4n) is 3.46. The molecule has 4 nitrogen and oxygen atoms in total. The predicted octanol–water partition coefficient (Wildman–Crippen LogP) is 4.31. The molecular weight excluding hydrogens is 372 g/mol. The molecule has 0 spiro atoms. The maximum atomic E-state index is 12.1. The van der Waals surface area contributed by atoms with Gasteiger partial charge in [-0.1, -0.05) is 83.9 Å². The van der Waals surface area contributed by atoms with Gasteiger partial charge in [0.2, 0.25) is 0 Å². The zero-order valence-electron chi connectivity index (χ0n) is 14.9. The lowest BCUT2D eigenvalue weighted by molar-refractivity contribution is -0.108. The lowest BCUT2D eigenvalue weighted by atomic mass is 9.83. The van der Waals surface area contributed by atoms with Crippen molar-refractivity contribution in [2.24, 2.45) is 0 Å². The van der Waals surface area contributed by atoms with Gasteiger partial charge in [0.15, 0.2) is 0 Å². The topological polar surface area (TPSA) is 66.4 Å². The molecule has 0 saturated heterocycles. The molecule has 0 bridgehead atoms. The minimum absolute atomic E-state index is 0.0362. The van der Waals surface area contributed by atoms with E-state index in [9.17, 15) is 13.6 Å². The van der Waals surface area contributed by atoms with Crippen LogP contribution in [0.4, 0.5) is 0 Å². The minimum atomic E-state index is -2.14. The van der Waals surface area contributed by atoms with Crippen LogP contribution < -0.4 is 4.74 Å². The van der Waals surface area contributed by atoms with Crippen LogP contribution in [0.15, 0.2) is 78.9 Å². The third kappa shape index (κ3) is 3.54. The number of hydrogen-bond acceptors (Lipinski definition) is 4. The average Bonchev–Trinajstić information content (AvgIpc) is 2.73. The van der Waals surface area contributed by atoms with Crippen molar-refractivity contribution in [3.63, 3.8) is 0 Å².